The number of benzene rings is 1. The number of anilines is 1. The highest BCUT2D eigenvalue weighted by Gasteiger charge is 2.47. The van der Waals surface area contributed by atoms with E-state index in [4.69, 9.17) is 0 Å². The zero-order valence-electron chi connectivity index (χ0n) is 10.5. The first-order valence-electron chi connectivity index (χ1n) is 6.02. The van der Waals surface area contributed by atoms with E-state index in [2.05, 4.69) is 37.2 Å². The van der Waals surface area contributed by atoms with Gasteiger partial charge in [-0.15, -0.1) is 11.3 Å². The summed E-state index contributed by atoms with van der Waals surface area (Å²) in [4.78, 5) is 24.9. The molecule has 2 N–H and O–H groups in total. The van der Waals surface area contributed by atoms with E-state index in [1.165, 1.54) is 11.3 Å². The normalized spacial score (nSPS) is 20.2. The molecule has 1 atom stereocenters. The van der Waals surface area contributed by atoms with Gasteiger partial charge in [0.1, 0.15) is 0 Å². The van der Waals surface area contributed by atoms with Crippen LogP contribution in [-0.2, 0) is 10.4 Å². The third-order valence-electron chi connectivity index (χ3n) is 3.32. The predicted molar refractivity (Wildman–Crippen MR) is 87.6 cm³/mol. The molecule has 0 radical (unpaired) electrons. The molecular weight excluding hydrogens is 422 g/mol. The van der Waals surface area contributed by atoms with Crippen molar-refractivity contribution in [2.45, 2.75) is 12.0 Å². The van der Waals surface area contributed by atoms with E-state index in [1.807, 2.05) is 0 Å². The molecule has 4 nitrogen and oxygen atoms in total. The van der Waals surface area contributed by atoms with Crippen molar-refractivity contribution in [3.63, 3.8) is 0 Å². The Balaban J connectivity index is 1.96. The van der Waals surface area contributed by atoms with Gasteiger partial charge in [-0.3, -0.25) is 9.59 Å². The van der Waals surface area contributed by atoms with Crippen molar-refractivity contribution in [1.29, 1.82) is 0 Å². The minimum Gasteiger partial charge on any atom is -0.375 e. The van der Waals surface area contributed by atoms with Crippen molar-refractivity contribution in [3.8, 4) is 0 Å². The molecule has 1 aromatic heterocycles. The number of nitrogens with one attached hydrogen (secondary N) is 1. The monoisotopic (exact) mass is 429 g/mol. The highest BCUT2D eigenvalue weighted by atomic mass is 79.9. The van der Waals surface area contributed by atoms with Gasteiger partial charge in [0, 0.05) is 15.7 Å². The lowest BCUT2D eigenvalue weighted by Crippen LogP contribution is -2.36. The number of Topliss-reactive ketones (excluding diaryl/α,β-unsaturated/α-hetero) is 1. The smallest absolute Gasteiger partial charge is 0.261 e. The first kappa shape index (κ1) is 14.9. The summed E-state index contributed by atoms with van der Waals surface area (Å²) in [6.45, 7) is 0. The second-order valence-corrected chi connectivity index (χ2v) is 8.09. The van der Waals surface area contributed by atoms with E-state index in [0.29, 0.717) is 16.1 Å². The number of fused-ring (bicyclic) bond motifs is 1. The maximum atomic E-state index is 12.3. The van der Waals surface area contributed by atoms with Gasteiger partial charge in [-0.05, 0) is 46.3 Å². The van der Waals surface area contributed by atoms with Gasteiger partial charge >= 0.3 is 0 Å². The largest absolute Gasteiger partial charge is 0.375 e. The number of thiophene rings is 1. The van der Waals surface area contributed by atoms with Crippen molar-refractivity contribution in [1.82, 2.24) is 0 Å². The van der Waals surface area contributed by atoms with Gasteiger partial charge in [0.25, 0.3) is 5.91 Å². The predicted octanol–water partition coefficient (Wildman–Crippen LogP) is 3.69. The van der Waals surface area contributed by atoms with Crippen LogP contribution in [0.25, 0.3) is 0 Å². The Morgan fingerprint density at radius 3 is 2.71 bits per heavy atom. The lowest BCUT2D eigenvalue weighted by atomic mass is 9.89. The Morgan fingerprint density at radius 2 is 2.05 bits per heavy atom. The molecule has 21 heavy (non-hydrogen) atoms. The number of hydrogen-bond donors (Lipinski definition) is 2. The van der Waals surface area contributed by atoms with Gasteiger partial charge < -0.3 is 10.4 Å². The summed E-state index contributed by atoms with van der Waals surface area (Å²) in [5.74, 6) is -0.837. The Bertz CT molecular complexity index is 758. The summed E-state index contributed by atoms with van der Waals surface area (Å²) in [5.41, 5.74) is -0.871. The zero-order chi connectivity index (χ0) is 15.2. The van der Waals surface area contributed by atoms with Crippen LogP contribution in [0, 0.1) is 0 Å². The quantitative estimate of drug-likeness (QED) is 0.729. The minimum absolute atomic E-state index is 0.267. The highest BCUT2D eigenvalue weighted by molar-refractivity contribution is 9.11. The zero-order valence-corrected chi connectivity index (χ0v) is 14.5. The van der Waals surface area contributed by atoms with Crippen LogP contribution in [-0.4, -0.2) is 16.8 Å². The molecule has 0 bridgehead atoms. The Kier molecular flexibility index (Phi) is 3.77. The first-order chi connectivity index (χ1) is 9.90. The number of carbonyl (C=O) groups excluding carboxylic acids is 2. The maximum absolute atomic E-state index is 12.3. The minimum atomic E-state index is -1.83. The van der Waals surface area contributed by atoms with Crippen LogP contribution >= 0.6 is 43.2 Å². The van der Waals surface area contributed by atoms with Gasteiger partial charge in [-0.1, -0.05) is 15.9 Å². The van der Waals surface area contributed by atoms with Crippen LogP contribution in [0.4, 0.5) is 5.69 Å². The maximum Gasteiger partial charge on any atom is 0.261 e. The van der Waals surface area contributed by atoms with Crippen molar-refractivity contribution in [2.75, 3.05) is 5.32 Å². The van der Waals surface area contributed by atoms with Crippen LogP contribution in [0.3, 0.4) is 0 Å². The molecule has 1 unspecified atom stereocenters. The van der Waals surface area contributed by atoms with Crippen molar-refractivity contribution >= 4 is 60.6 Å². The van der Waals surface area contributed by atoms with Crippen LogP contribution < -0.4 is 5.32 Å². The summed E-state index contributed by atoms with van der Waals surface area (Å²) < 4.78 is 1.57. The molecular formula is C14H9Br2NO3S. The molecule has 0 fully saturated rings. The van der Waals surface area contributed by atoms with E-state index in [1.54, 1.807) is 30.3 Å². The van der Waals surface area contributed by atoms with E-state index in [9.17, 15) is 14.7 Å². The number of ketones is 1. The van der Waals surface area contributed by atoms with Crippen molar-refractivity contribution in [2.24, 2.45) is 0 Å². The fourth-order valence-electron chi connectivity index (χ4n) is 2.27. The molecule has 1 aromatic carbocycles. The van der Waals surface area contributed by atoms with Crippen LogP contribution in [0.5, 0.6) is 0 Å². The second-order valence-electron chi connectivity index (χ2n) is 4.71. The summed E-state index contributed by atoms with van der Waals surface area (Å²) in [6, 6.07) is 8.56. The fourth-order valence-corrected chi connectivity index (χ4v) is 3.96. The molecule has 7 heteroatoms. The molecule has 1 aliphatic rings. The molecule has 1 amide bonds. The number of rotatable bonds is 3. The molecule has 2 aromatic rings. The standard InChI is InChI=1S/C14H9Br2NO3S/c15-7-1-2-9-8(5-7)14(20,13(19)17-9)6-10(18)11-3-4-12(16)21-11/h1-5,20H,6H2,(H,17,19). The van der Waals surface area contributed by atoms with E-state index >= 15 is 0 Å². The lowest BCUT2D eigenvalue weighted by molar-refractivity contribution is -0.133. The van der Waals surface area contributed by atoms with Gasteiger partial charge in [0.2, 0.25) is 0 Å². The van der Waals surface area contributed by atoms with E-state index < -0.39 is 11.5 Å². The number of amides is 1. The molecule has 0 saturated heterocycles. The van der Waals surface area contributed by atoms with Crippen LogP contribution in [0.1, 0.15) is 21.7 Å². The molecule has 0 saturated carbocycles. The van der Waals surface area contributed by atoms with Gasteiger partial charge in [-0.2, -0.15) is 0 Å². The molecule has 0 aliphatic carbocycles. The number of aliphatic hydroxyl groups is 1. The van der Waals surface area contributed by atoms with Crippen LogP contribution in [0.15, 0.2) is 38.6 Å². The summed E-state index contributed by atoms with van der Waals surface area (Å²) in [5, 5.41) is 13.3. The topological polar surface area (TPSA) is 66.4 Å². The number of halogens is 2. The molecule has 0 spiro atoms. The van der Waals surface area contributed by atoms with Gasteiger partial charge in [0.15, 0.2) is 11.4 Å². The molecule has 1 aliphatic heterocycles. The SMILES string of the molecule is O=C(CC1(O)C(=O)Nc2ccc(Br)cc21)c1ccc(Br)s1. The van der Waals surface area contributed by atoms with E-state index in [0.717, 1.165) is 8.26 Å². The molecule has 2 heterocycles. The van der Waals surface area contributed by atoms with Gasteiger partial charge in [-0.25, -0.2) is 0 Å². The summed E-state index contributed by atoms with van der Waals surface area (Å²) >= 11 is 7.88. The van der Waals surface area contributed by atoms with Crippen molar-refractivity contribution < 1.29 is 14.7 Å². The van der Waals surface area contributed by atoms with Gasteiger partial charge in [0.05, 0.1) is 15.1 Å². The third-order valence-corrected chi connectivity index (χ3v) is 5.47. The Morgan fingerprint density at radius 1 is 1.29 bits per heavy atom. The second kappa shape index (κ2) is 5.31. The fraction of sp³-hybridized carbons (Fsp3) is 0.143. The third kappa shape index (κ3) is 2.59. The average Bonchev–Trinajstić information content (AvgIpc) is 2.95. The highest BCUT2D eigenvalue weighted by Crippen LogP contribution is 2.40. The molecule has 3 rings (SSSR count). The summed E-state index contributed by atoms with van der Waals surface area (Å²) in [6.07, 6.45) is -0.283. The van der Waals surface area contributed by atoms with Crippen molar-refractivity contribution in [3.05, 3.63) is 49.0 Å². The van der Waals surface area contributed by atoms with E-state index in [-0.39, 0.29) is 12.2 Å². The number of carbonyl (C=O) groups is 2. The Hall–Kier alpha value is -1.02. The van der Waals surface area contributed by atoms with Crippen LogP contribution in [0.2, 0.25) is 0 Å². The Labute approximate surface area is 141 Å². The molecule has 108 valence electrons. The first-order valence-corrected chi connectivity index (χ1v) is 8.43. The average molecular weight is 431 g/mol. The summed E-state index contributed by atoms with van der Waals surface area (Å²) in [7, 11) is 0. The number of hydrogen-bond acceptors (Lipinski definition) is 4. The lowest BCUT2D eigenvalue weighted by Gasteiger charge is -2.19.